The first kappa shape index (κ1) is 14.4. The molecule has 103 valence electrons. The average molecular weight is 280 g/mol. The highest BCUT2D eigenvalue weighted by molar-refractivity contribution is 6.30. The Hall–Kier alpha value is -1.02. The largest absolute Gasteiger partial charge is 0.462 e. The van der Waals surface area contributed by atoms with Crippen molar-refractivity contribution >= 4 is 17.6 Å². The summed E-state index contributed by atoms with van der Waals surface area (Å²) in [5.41, 5.74) is 0.922. The number of rotatable bonds is 6. The van der Waals surface area contributed by atoms with Crippen molar-refractivity contribution in [3.8, 4) is 0 Å². The molecule has 0 aromatic heterocycles. The van der Waals surface area contributed by atoms with Gasteiger partial charge in [-0.05, 0) is 48.8 Å². The van der Waals surface area contributed by atoms with Crippen LogP contribution in [0.5, 0.6) is 0 Å². The molecule has 19 heavy (non-hydrogen) atoms. The highest BCUT2D eigenvalue weighted by atomic mass is 35.5. The molecule has 0 aliphatic heterocycles. The molecule has 1 saturated carbocycles. The van der Waals surface area contributed by atoms with Crippen molar-refractivity contribution in [2.75, 3.05) is 6.61 Å². The summed E-state index contributed by atoms with van der Waals surface area (Å²) in [6.45, 7) is 4.98. The van der Waals surface area contributed by atoms with Gasteiger partial charge in [0.2, 0.25) is 0 Å². The van der Waals surface area contributed by atoms with E-state index in [-0.39, 0.29) is 5.97 Å². The first-order chi connectivity index (χ1) is 9.07. The highest BCUT2D eigenvalue weighted by Gasteiger charge is 2.44. The zero-order valence-corrected chi connectivity index (χ0v) is 12.3. The summed E-state index contributed by atoms with van der Waals surface area (Å²) in [5, 5.41) is 0.530. The summed E-state index contributed by atoms with van der Waals surface area (Å²) >= 11 is 5.83. The van der Waals surface area contributed by atoms with E-state index in [1.165, 1.54) is 19.3 Å². The zero-order valence-electron chi connectivity index (χ0n) is 11.5. The summed E-state index contributed by atoms with van der Waals surface area (Å²) in [6, 6.07) is 7.76. The van der Waals surface area contributed by atoms with Crippen molar-refractivity contribution in [2.45, 2.75) is 39.5 Å². The number of hydrogen-bond acceptors (Lipinski definition) is 2. The highest BCUT2D eigenvalue weighted by Crippen LogP contribution is 2.55. The minimum absolute atomic E-state index is 0.337. The van der Waals surface area contributed by atoms with Gasteiger partial charge in [0, 0.05) is 5.02 Å². The molecule has 1 aromatic carbocycles. The SMILES string of the molecule is CCC1(C(C)CCOC(=O)c2[c]ccc(Cl)c2)CC1. The normalized spacial score (nSPS) is 17.8. The molecule has 2 rings (SSSR count). The quantitative estimate of drug-likeness (QED) is 0.716. The van der Waals surface area contributed by atoms with E-state index in [0.29, 0.717) is 28.5 Å². The zero-order chi connectivity index (χ0) is 13.9. The fourth-order valence-electron chi connectivity index (χ4n) is 2.62. The van der Waals surface area contributed by atoms with Gasteiger partial charge >= 0.3 is 5.97 Å². The summed E-state index contributed by atoms with van der Waals surface area (Å²) in [5.74, 6) is 0.282. The van der Waals surface area contributed by atoms with Crippen LogP contribution in [-0.4, -0.2) is 12.6 Å². The number of hydrogen-bond donors (Lipinski definition) is 0. The maximum Gasteiger partial charge on any atom is 0.338 e. The third kappa shape index (κ3) is 3.50. The Balaban J connectivity index is 1.78. The van der Waals surface area contributed by atoms with Gasteiger partial charge in [0.25, 0.3) is 0 Å². The van der Waals surface area contributed by atoms with Crippen molar-refractivity contribution < 1.29 is 9.53 Å². The van der Waals surface area contributed by atoms with Crippen molar-refractivity contribution in [1.82, 2.24) is 0 Å². The third-order valence-corrected chi connectivity index (χ3v) is 4.64. The minimum Gasteiger partial charge on any atom is -0.462 e. The monoisotopic (exact) mass is 279 g/mol. The Morgan fingerprint density at radius 1 is 1.58 bits per heavy atom. The first-order valence-electron chi connectivity index (χ1n) is 6.92. The van der Waals surface area contributed by atoms with Crippen molar-refractivity contribution in [2.24, 2.45) is 11.3 Å². The maximum atomic E-state index is 11.8. The molecular formula is C16H20ClO2. The molecule has 0 N–H and O–H groups in total. The Kier molecular flexibility index (Phi) is 4.51. The van der Waals surface area contributed by atoms with Gasteiger partial charge < -0.3 is 4.74 Å². The molecule has 1 fully saturated rings. The van der Waals surface area contributed by atoms with E-state index in [1.54, 1.807) is 18.2 Å². The van der Waals surface area contributed by atoms with Gasteiger partial charge in [-0.2, -0.15) is 0 Å². The Morgan fingerprint density at radius 3 is 2.89 bits per heavy atom. The molecule has 1 atom stereocenters. The van der Waals surface area contributed by atoms with Crippen molar-refractivity contribution in [1.29, 1.82) is 0 Å². The standard InChI is InChI=1S/C16H20ClO2/c1-3-16(8-9-16)12(2)7-10-19-15(18)13-5-4-6-14(17)11-13/h4,6,11-12H,3,7-10H2,1-2H3. The fourth-order valence-corrected chi connectivity index (χ4v) is 2.80. The lowest BCUT2D eigenvalue weighted by atomic mass is 9.86. The predicted molar refractivity (Wildman–Crippen MR) is 76.3 cm³/mol. The first-order valence-corrected chi connectivity index (χ1v) is 7.29. The number of benzene rings is 1. The van der Waals surface area contributed by atoms with Crippen LogP contribution in [0.1, 0.15) is 49.9 Å². The summed E-state index contributed by atoms with van der Waals surface area (Å²) in [4.78, 5) is 11.8. The van der Waals surface area contributed by atoms with Crippen LogP contribution in [0, 0.1) is 17.4 Å². The second-order valence-corrected chi connectivity index (χ2v) is 5.90. The predicted octanol–water partition coefficient (Wildman–Crippen LogP) is 4.51. The summed E-state index contributed by atoms with van der Waals surface area (Å²) in [7, 11) is 0. The van der Waals surface area contributed by atoms with Crippen LogP contribution in [0.2, 0.25) is 5.02 Å². The number of ether oxygens (including phenoxy) is 1. The van der Waals surface area contributed by atoms with Crippen LogP contribution >= 0.6 is 11.6 Å². The second kappa shape index (κ2) is 5.96. The fraction of sp³-hybridized carbons (Fsp3) is 0.562. The van der Waals surface area contributed by atoms with Gasteiger partial charge in [-0.15, -0.1) is 0 Å². The smallest absolute Gasteiger partial charge is 0.338 e. The number of carbonyl (C=O) groups is 1. The van der Waals surface area contributed by atoms with Crippen LogP contribution in [0.25, 0.3) is 0 Å². The molecule has 0 bridgehead atoms. The number of carbonyl (C=O) groups excluding carboxylic acids is 1. The molecule has 0 heterocycles. The number of halogens is 1. The molecule has 0 amide bonds. The van der Waals surface area contributed by atoms with Gasteiger partial charge in [0.1, 0.15) is 0 Å². The maximum absolute atomic E-state index is 11.8. The third-order valence-electron chi connectivity index (χ3n) is 4.41. The van der Waals surface area contributed by atoms with Gasteiger partial charge in [-0.25, -0.2) is 4.79 Å². The average Bonchev–Trinajstić information content (AvgIpc) is 3.19. The molecule has 1 aliphatic rings. The lowest BCUT2D eigenvalue weighted by Gasteiger charge is -2.21. The van der Waals surface area contributed by atoms with E-state index in [0.717, 1.165) is 6.42 Å². The van der Waals surface area contributed by atoms with E-state index < -0.39 is 0 Å². The van der Waals surface area contributed by atoms with E-state index >= 15 is 0 Å². The lowest BCUT2D eigenvalue weighted by Crippen LogP contribution is -2.16. The molecule has 1 aromatic rings. The molecule has 0 saturated heterocycles. The Bertz CT molecular complexity index is 452. The van der Waals surface area contributed by atoms with Crippen molar-refractivity contribution in [3.63, 3.8) is 0 Å². The Morgan fingerprint density at radius 2 is 2.32 bits per heavy atom. The van der Waals surface area contributed by atoms with Crippen LogP contribution in [-0.2, 0) is 4.74 Å². The van der Waals surface area contributed by atoms with E-state index in [4.69, 9.17) is 16.3 Å². The summed E-state index contributed by atoms with van der Waals surface area (Å²) < 4.78 is 5.29. The van der Waals surface area contributed by atoms with E-state index in [9.17, 15) is 4.79 Å². The Labute approximate surface area is 120 Å². The van der Waals surface area contributed by atoms with E-state index in [1.807, 2.05) is 0 Å². The molecule has 0 spiro atoms. The molecule has 1 unspecified atom stereocenters. The van der Waals surface area contributed by atoms with Gasteiger partial charge in [0.15, 0.2) is 0 Å². The topological polar surface area (TPSA) is 26.3 Å². The van der Waals surface area contributed by atoms with Crippen LogP contribution in [0.15, 0.2) is 18.2 Å². The minimum atomic E-state index is -0.337. The molecule has 2 nitrogen and oxygen atoms in total. The van der Waals surface area contributed by atoms with Crippen LogP contribution < -0.4 is 0 Å². The molecule has 1 radical (unpaired) electrons. The van der Waals surface area contributed by atoms with Crippen molar-refractivity contribution in [3.05, 3.63) is 34.9 Å². The second-order valence-electron chi connectivity index (χ2n) is 5.46. The molecule has 3 heteroatoms. The van der Waals surface area contributed by atoms with Gasteiger partial charge in [0.05, 0.1) is 12.2 Å². The number of esters is 1. The van der Waals surface area contributed by atoms with Gasteiger partial charge in [-0.1, -0.05) is 37.9 Å². The molecular weight excluding hydrogens is 260 g/mol. The van der Waals surface area contributed by atoms with Gasteiger partial charge in [-0.3, -0.25) is 0 Å². The summed E-state index contributed by atoms with van der Waals surface area (Å²) in [6.07, 6.45) is 4.80. The lowest BCUT2D eigenvalue weighted by molar-refractivity contribution is 0.0468. The molecule has 1 aliphatic carbocycles. The van der Waals surface area contributed by atoms with Crippen LogP contribution in [0.3, 0.4) is 0 Å². The van der Waals surface area contributed by atoms with Crippen LogP contribution in [0.4, 0.5) is 0 Å². The van der Waals surface area contributed by atoms with E-state index in [2.05, 4.69) is 19.9 Å².